The van der Waals surface area contributed by atoms with Crippen LogP contribution in [-0.2, 0) is 5.41 Å². The van der Waals surface area contributed by atoms with Crippen molar-refractivity contribution < 1.29 is 0 Å². The normalized spacial score (nSPS) is 13.0. The summed E-state index contributed by atoms with van der Waals surface area (Å²) in [4.78, 5) is 9.49. The van der Waals surface area contributed by atoms with E-state index in [0.717, 1.165) is 21.8 Å². The van der Waals surface area contributed by atoms with E-state index in [4.69, 9.17) is 9.97 Å². The molecule has 64 heavy (non-hydrogen) atoms. The zero-order valence-electron chi connectivity index (χ0n) is 35.5. The number of nitrogens with zero attached hydrogens (tertiary/aromatic N) is 3. The molecule has 0 bridgehead atoms. The Morgan fingerprint density at radius 1 is 0.328 bits per heavy atom. The molecule has 2 heterocycles. The van der Waals surface area contributed by atoms with Crippen molar-refractivity contribution in [3.05, 3.63) is 224 Å². The van der Waals surface area contributed by atoms with E-state index in [2.05, 4.69) is 219 Å². The molecule has 3 nitrogen and oxygen atoms in total. The summed E-state index contributed by atoms with van der Waals surface area (Å²) in [7, 11) is 0. The third-order valence-corrected chi connectivity index (χ3v) is 13.9. The number of rotatable bonds is 5. The molecule has 0 unspecified atom stereocenters. The van der Waals surface area contributed by atoms with Crippen LogP contribution < -0.4 is 0 Å². The third kappa shape index (κ3) is 5.54. The Balaban J connectivity index is 0.814. The van der Waals surface area contributed by atoms with Gasteiger partial charge in [-0.3, -0.25) is 9.97 Å². The molecule has 0 spiro atoms. The molecular formula is C61H41N3. The molecule has 0 amide bonds. The molecule has 1 aliphatic carbocycles. The van der Waals surface area contributed by atoms with Gasteiger partial charge in [0.2, 0.25) is 0 Å². The van der Waals surface area contributed by atoms with Crippen LogP contribution in [0, 0.1) is 0 Å². The molecule has 0 atom stereocenters. The zero-order valence-corrected chi connectivity index (χ0v) is 35.5. The van der Waals surface area contributed by atoms with Crippen LogP contribution in [0.15, 0.2) is 213 Å². The van der Waals surface area contributed by atoms with E-state index in [0.29, 0.717) is 0 Å². The number of fused-ring (bicyclic) bond motifs is 12. The minimum absolute atomic E-state index is 0.161. The van der Waals surface area contributed by atoms with Crippen molar-refractivity contribution in [1.29, 1.82) is 0 Å². The molecule has 0 radical (unpaired) electrons. The predicted molar refractivity (Wildman–Crippen MR) is 268 cm³/mol. The summed E-state index contributed by atoms with van der Waals surface area (Å²) in [5.74, 6) is 0. The van der Waals surface area contributed by atoms with Gasteiger partial charge in [-0.1, -0.05) is 166 Å². The average Bonchev–Trinajstić information content (AvgIpc) is 3.81. The molecule has 13 rings (SSSR count). The van der Waals surface area contributed by atoms with Gasteiger partial charge < -0.3 is 4.57 Å². The summed E-state index contributed by atoms with van der Waals surface area (Å²) >= 11 is 0. The van der Waals surface area contributed by atoms with E-state index in [1.54, 1.807) is 12.4 Å². The van der Waals surface area contributed by atoms with Crippen LogP contribution >= 0.6 is 0 Å². The fourth-order valence-electron chi connectivity index (χ4n) is 10.6. The lowest BCUT2D eigenvalue weighted by molar-refractivity contribution is 0.661. The van der Waals surface area contributed by atoms with E-state index in [9.17, 15) is 0 Å². The number of benzene rings is 10. The molecule has 0 saturated heterocycles. The maximum absolute atomic E-state index is 4.76. The number of aromatic nitrogens is 3. The maximum Gasteiger partial charge on any atom is 0.0971 e. The second-order valence-electron chi connectivity index (χ2n) is 17.8. The Hall–Kier alpha value is -8.14. The van der Waals surface area contributed by atoms with Gasteiger partial charge in [-0.05, 0) is 126 Å². The van der Waals surface area contributed by atoms with Gasteiger partial charge in [0.15, 0.2) is 0 Å². The first-order valence-electron chi connectivity index (χ1n) is 22.1. The van der Waals surface area contributed by atoms with E-state index in [1.807, 2.05) is 0 Å². The van der Waals surface area contributed by atoms with Gasteiger partial charge in [0.05, 0.1) is 22.1 Å². The average molecular weight is 816 g/mol. The second-order valence-corrected chi connectivity index (χ2v) is 17.8. The minimum Gasteiger partial charge on any atom is -0.309 e. The summed E-state index contributed by atoms with van der Waals surface area (Å²) in [5, 5.41) is 7.18. The van der Waals surface area contributed by atoms with Crippen LogP contribution in [0.1, 0.15) is 25.0 Å². The topological polar surface area (TPSA) is 30.7 Å². The maximum atomic E-state index is 4.76. The highest BCUT2D eigenvalue weighted by Crippen LogP contribution is 2.51. The molecule has 2 aromatic heterocycles. The Morgan fingerprint density at radius 3 is 1.47 bits per heavy atom. The van der Waals surface area contributed by atoms with Gasteiger partial charge >= 0.3 is 0 Å². The van der Waals surface area contributed by atoms with Crippen LogP contribution in [0.3, 0.4) is 0 Å². The summed E-state index contributed by atoms with van der Waals surface area (Å²) in [6, 6.07) is 73.8. The lowest BCUT2D eigenvalue weighted by Crippen LogP contribution is -2.15. The molecule has 0 aliphatic heterocycles. The number of hydrogen-bond donors (Lipinski definition) is 0. The SMILES string of the molecule is CC1(C)c2cc(-c3ccc(-c4ccc5c6ccccc6n(-c6ccccc6)c5c4)cc3)ccc2-c2ccc(-c3cccc(-c4ccc5c(c4)c4ccccc4c4nccnc54)c3)cc21. The Kier molecular flexibility index (Phi) is 7.95. The molecule has 10 aromatic carbocycles. The van der Waals surface area contributed by atoms with Crippen molar-refractivity contribution >= 4 is 54.4 Å². The quantitative estimate of drug-likeness (QED) is 0.162. The van der Waals surface area contributed by atoms with Gasteiger partial charge in [0, 0.05) is 45.0 Å². The fourth-order valence-corrected chi connectivity index (χ4v) is 10.6. The van der Waals surface area contributed by atoms with Crippen LogP contribution in [0.4, 0.5) is 0 Å². The highest BCUT2D eigenvalue weighted by molar-refractivity contribution is 6.23. The fraction of sp³-hybridized carbons (Fsp3) is 0.0492. The lowest BCUT2D eigenvalue weighted by Gasteiger charge is -2.23. The molecule has 0 N–H and O–H groups in total. The van der Waals surface area contributed by atoms with Gasteiger partial charge in [-0.25, -0.2) is 0 Å². The molecule has 12 aromatic rings. The molecule has 0 fully saturated rings. The largest absolute Gasteiger partial charge is 0.309 e. The van der Waals surface area contributed by atoms with Gasteiger partial charge in [0.25, 0.3) is 0 Å². The molecule has 1 aliphatic rings. The van der Waals surface area contributed by atoms with Crippen molar-refractivity contribution in [2.24, 2.45) is 0 Å². The molecule has 3 heteroatoms. The molecule has 0 saturated carbocycles. The highest BCUT2D eigenvalue weighted by Gasteiger charge is 2.36. The first-order valence-corrected chi connectivity index (χ1v) is 22.1. The van der Waals surface area contributed by atoms with Crippen molar-refractivity contribution in [3.8, 4) is 61.3 Å². The summed E-state index contributed by atoms with van der Waals surface area (Å²) in [5.41, 5.74) is 20.4. The Bertz CT molecular complexity index is 3820. The summed E-state index contributed by atoms with van der Waals surface area (Å²) < 4.78 is 2.39. The number of hydrogen-bond acceptors (Lipinski definition) is 2. The Morgan fingerprint density at radius 2 is 0.797 bits per heavy atom. The monoisotopic (exact) mass is 815 g/mol. The smallest absolute Gasteiger partial charge is 0.0971 e. The highest BCUT2D eigenvalue weighted by atomic mass is 15.0. The van der Waals surface area contributed by atoms with Crippen LogP contribution in [0.5, 0.6) is 0 Å². The van der Waals surface area contributed by atoms with E-state index >= 15 is 0 Å². The van der Waals surface area contributed by atoms with Crippen LogP contribution in [-0.4, -0.2) is 14.5 Å². The van der Waals surface area contributed by atoms with Crippen LogP contribution in [0.25, 0.3) is 116 Å². The zero-order chi connectivity index (χ0) is 42.5. The standard InChI is InChI=1S/C61H41N3/c1-61(2)55-35-43(38-19-21-39(22-20-38)45-25-29-51-50-16-8-9-18-57(50)64(58(51)37-45)46-13-4-3-5-14-46)23-27-48(55)49-28-24-44(36-56(49)61)41-12-10-11-40(33-41)42-26-30-53-54(34-42)47-15-6-7-17-52(47)59-60(53)63-32-31-62-59/h3-37H,1-2H3. The lowest BCUT2D eigenvalue weighted by atomic mass is 9.80. The van der Waals surface area contributed by atoms with E-state index in [-0.39, 0.29) is 5.41 Å². The van der Waals surface area contributed by atoms with Crippen molar-refractivity contribution in [3.63, 3.8) is 0 Å². The van der Waals surface area contributed by atoms with E-state index < -0.39 is 0 Å². The summed E-state index contributed by atoms with van der Waals surface area (Å²) in [6.45, 7) is 4.76. The first-order chi connectivity index (χ1) is 31.5. The van der Waals surface area contributed by atoms with Gasteiger partial charge in [0.1, 0.15) is 0 Å². The van der Waals surface area contributed by atoms with Crippen molar-refractivity contribution in [1.82, 2.24) is 14.5 Å². The van der Waals surface area contributed by atoms with Crippen molar-refractivity contribution in [2.75, 3.05) is 0 Å². The molecule has 300 valence electrons. The van der Waals surface area contributed by atoms with E-state index in [1.165, 1.54) is 105 Å². The minimum atomic E-state index is -0.161. The van der Waals surface area contributed by atoms with Gasteiger partial charge in [-0.15, -0.1) is 0 Å². The third-order valence-electron chi connectivity index (χ3n) is 13.9. The first kappa shape index (κ1) is 36.5. The van der Waals surface area contributed by atoms with Crippen molar-refractivity contribution in [2.45, 2.75) is 19.3 Å². The van der Waals surface area contributed by atoms with Gasteiger partial charge in [-0.2, -0.15) is 0 Å². The summed E-state index contributed by atoms with van der Waals surface area (Å²) in [6.07, 6.45) is 3.57. The van der Waals surface area contributed by atoms with Crippen LogP contribution in [0.2, 0.25) is 0 Å². The number of para-hydroxylation sites is 2. The Labute approximate surface area is 371 Å². The molecular weight excluding hydrogens is 775 g/mol. The second kappa shape index (κ2) is 13.9. The predicted octanol–water partition coefficient (Wildman–Crippen LogP) is 16.0.